The average Bonchev–Trinajstić information content (AvgIpc) is 3.10. The molecule has 0 saturated heterocycles. The fourth-order valence-electron chi connectivity index (χ4n) is 1.66. The fraction of sp³-hybridized carbons (Fsp3) is 0.500. The van der Waals surface area contributed by atoms with Gasteiger partial charge in [-0.25, -0.2) is 13.1 Å². The molecule has 0 atom stereocenters. The van der Waals surface area contributed by atoms with Crippen LogP contribution in [-0.2, 0) is 10.0 Å². The van der Waals surface area contributed by atoms with Crippen LogP contribution in [0.1, 0.15) is 37.7 Å². The second kappa shape index (κ2) is 4.55. The van der Waals surface area contributed by atoms with Gasteiger partial charge in [0, 0.05) is 6.54 Å². The highest BCUT2D eigenvalue weighted by Crippen LogP contribution is 2.40. The SMILES string of the molecule is CCCNS(=O)(=O)c1ccc(C2CC2)cc1. The summed E-state index contributed by atoms with van der Waals surface area (Å²) in [4.78, 5) is 0.366. The van der Waals surface area contributed by atoms with E-state index >= 15 is 0 Å². The van der Waals surface area contributed by atoms with Crippen LogP contribution >= 0.6 is 0 Å². The van der Waals surface area contributed by atoms with Crippen LogP contribution in [-0.4, -0.2) is 15.0 Å². The first-order valence-corrected chi connectivity index (χ1v) is 7.21. The highest BCUT2D eigenvalue weighted by Gasteiger charge is 2.23. The van der Waals surface area contributed by atoms with Crippen molar-refractivity contribution < 1.29 is 8.42 Å². The molecule has 1 N–H and O–H groups in total. The normalized spacial score (nSPS) is 16.3. The summed E-state index contributed by atoms with van der Waals surface area (Å²) in [6.07, 6.45) is 3.28. The molecule has 0 amide bonds. The molecule has 0 unspecified atom stereocenters. The average molecular weight is 239 g/mol. The molecule has 1 saturated carbocycles. The van der Waals surface area contributed by atoms with Gasteiger partial charge in [0.15, 0.2) is 0 Å². The third-order valence-electron chi connectivity index (χ3n) is 2.78. The van der Waals surface area contributed by atoms with Crippen molar-refractivity contribution in [2.24, 2.45) is 0 Å². The minimum Gasteiger partial charge on any atom is -0.211 e. The maximum Gasteiger partial charge on any atom is 0.240 e. The Morgan fingerprint density at radius 3 is 2.38 bits per heavy atom. The molecule has 0 aromatic heterocycles. The first-order chi connectivity index (χ1) is 7.63. The molecule has 0 bridgehead atoms. The number of hydrogen-bond donors (Lipinski definition) is 1. The van der Waals surface area contributed by atoms with E-state index in [4.69, 9.17) is 0 Å². The molecule has 1 aliphatic rings. The zero-order valence-electron chi connectivity index (χ0n) is 9.44. The lowest BCUT2D eigenvalue weighted by Crippen LogP contribution is -2.24. The highest BCUT2D eigenvalue weighted by molar-refractivity contribution is 7.89. The van der Waals surface area contributed by atoms with E-state index in [-0.39, 0.29) is 0 Å². The van der Waals surface area contributed by atoms with Gasteiger partial charge in [0.25, 0.3) is 0 Å². The van der Waals surface area contributed by atoms with Gasteiger partial charge < -0.3 is 0 Å². The molecule has 2 rings (SSSR count). The van der Waals surface area contributed by atoms with Crippen molar-refractivity contribution >= 4 is 10.0 Å². The predicted molar refractivity (Wildman–Crippen MR) is 63.9 cm³/mol. The molecule has 0 radical (unpaired) electrons. The standard InChI is InChI=1S/C12H17NO2S/c1-2-9-13-16(14,15)12-7-5-11(6-8-12)10-3-4-10/h5-8,10,13H,2-4,9H2,1H3. The van der Waals surface area contributed by atoms with Gasteiger partial charge in [-0.2, -0.15) is 0 Å². The van der Waals surface area contributed by atoms with Crippen LogP contribution in [0.2, 0.25) is 0 Å². The molecular weight excluding hydrogens is 222 g/mol. The van der Waals surface area contributed by atoms with Gasteiger partial charge in [-0.05, 0) is 42.9 Å². The molecule has 3 nitrogen and oxygen atoms in total. The molecule has 1 aliphatic carbocycles. The molecule has 0 heterocycles. The lowest BCUT2D eigenvalue weighted by atomic mass is 10.1. The molecule has 1 aromatic rings. The minimum atomic E-state index is -3.29. The second-order valence-corrected chi connectivity index (χ2v) is 6.01. The van der Waals surface area contributed by atoms with Gasteiger partial charge in [-0.15, -0.1) is 0 Å². The Labute approximate surface area is 96.9 Å². The molecule has 88 valence electrons. The second-order valence-electron chi connectivity index (χ2n) is 4.24. The topological polar surface area (TPSA) is 46.2 Å². The number of nitrogens with one attached hydrogen (secondary N) is 1. The lowest BCUT2D eigenvalue weighted by molar-refractivity contribution is 0.581. The Morgan fingerprint density at radius 2 is 1.88 bits per heavy atom. The molecule has 4 heteroatoms. The Kier molecular flexibility index (Phi) is 3.30. The number of sulfonamides is 1. The molecule has 0 aliphatic heterocycles. The monoisotopic (exact) mass is 239 g/mol. The van der Waals surface area contributed by atoms with Crippen LogP contribution in [0.15, 0.2) is 29.2 Å². The van der Waals surface area contributed by atoms with Crippen LogP contribution in [0, 0.1) is 0 Å². The van der Waals surface area contributed by atoms with E-state index in [0.717, 1.165) is 6.42 Å². The summed E-state index contributed by atoms with van der Waals surface area (Å²) in [5.74, 6) is 0.667. The maximum absolute atomic E-state index is 11.8. The Hall–Kier alpha value is -0.870. The Bertz CT molecular complexity index is 446. The van der Waals surface area contributed by atoms with Gasteiger partial charge in [0.05, 0.1) is 4.90 Å². The zero-order valence-corrected chi connectivity index (χ0v) is 10.3. The zero-order chi connectivity index (χ0) is 11.6. The maximum atomic E-state index is 11.8. The highest BCUT2D eigenvalue weighted by atomic mass is 32.2. The van der Waals surface area contributed by atoms with E-state index in [1.807, 2.05) is 19.1 Å². The van der Waals surface area contributed by atoms with E-state index in [1.165, 1.54) is 18.4 Å². The Morgan fingerprint density at radius 1 is 1.25 bits per heavy atom. The van der Waals surface area contributed by atoms with Gasteiger partial charge >= 0.3 is 0 Å². The fourth-order valence-corrected chi connectivity index (χ4v) is 2.79. The quantitative estimate of drug-likeness (QED) is 0.856. The van der Waals surface area contributed by atoms with E-state index in [0.29, 0.717) is 17.4 Å². The molecular formula is C12H17NO2S. The molecule has 16 heavy (non-hydrogen) atoms. The number of rotatable bonds is 5. The van der Waals surface area contributed by atoms with E-state index in [2.05, 4.69) is 4.72 Å². The van der Waals surface area contributed by atoms with Crippen molar-refractivity contribution in [3.63, 3.8) is 0 Å². The van der Waals surface area contributed by atoms with Gasteiger partial charge in [0.2, 0.25) is 10.0 Å². The van der Waals surface area contributed by atoms with Crippen molar-refractivity contribution in [1.82, 2.24) is 4.72 Å². The Balaban J connectivity index is 2.13. The summed E-state index contributed by atoms with van der Waals surface area (Å²) in [6, 6.07) is 7.26. The molecule has 1 fully saturated rings. The van der Waals surface area contributed by atoms with Crippen LogP contribution < -0.4 is 4.72 Å². The number of benzene rings is 1. The predicted octanol–water partition coefficient (Wildman–Crippen LogP) is 2.25. The van der Waals surface area contributed by atoms with Crippen molar-refractivity contribution in [3.05, 3.63) is 29.8 Å². The summed E-state index contributed by atoms with van der Waals surface area (Å²) in [7, 11) is -3.29. The summed E-state index contributed by atoms with van der Waals surface area (Å²) in [5, 5.41) is 0. The summed E-state index contributed by atoms with van der Waals surface area (Å²) < 4.78 is 26.1. The van der Waals surface area contributed by atoms with E-state index in [1.54, 1.807) is 12.1 Å². The van der Waals surface area contributed by atoms with Crippen LogP contribution in [0.3, 0.4) is 0 Å². The van der Waals surface area contributed by atoms with Crippen molar-refractivity contribution in [2.45, 2.75) is 37.0 Å². The smallest absolute Gasteiger partial charge is 0.211 e. The van der Waals surface area contributed by atoms with Gasteiger partial charge in [-0.1, -0.05) is 19.1 Å². The summed E-state index contributed by atoms with van der Waals surface area (Å²) >= 11 is 0. The largest absolute Gasteiger partial charge is 0.240 e. The van der Waals surface area contributed by atoms with Crippen molar-refractivity contribution in [2.75, 3.05) is 6.54 Å². The van der Waals surface area contributed by atoms with Crippen molar-refractivity contribution in [1.29, 1.82) is 0 Å². The van der Waals surface area contributed by atoms with E-state index in [9.17, 15) is 8.42 Å². The summed E-state index contributed by atoms with van der Waals surface area (Å²) in [6.45, 7) is 2.44. The van der Waals surface area contributed by atoms with E-state index < -0.39 is 10.0 Å². The van der Waals surface area contributed by atoms with Crippen LogP contribution in [0.25, 0.3) is 0 Å². The first-order valence-electron chi connectivity index (χ1n) is 5.73. The van der Waals surface area contributed by atoms with Crippen molar-refractivity contribution in [3.8, 4) is 0 Å². The number of hydrogen-bond acceptors (Lipinski definition) is 2. The first kappa shape index (κ1) is 11.6. The third kappa shape index (κ3) is 2.62. The third-order valence-corrected chi connectivity index (χ3v) is 4.26. The van der Waals surface area contributed by atoms with Crippen LogP contribution in [0.4, 0.5) is 0 Å². The molecule has 0 spiro atoms. The lowest BCUT2D eigenvalue weighted by Gasteiger charge is -2.06. The van der Waals surface area contributed by atoms with Crippen LogP contribution in [0.5, 0.6) is 0 Å². The molecule has 1 aromatic carbocycles. The summed E-state index contributed by atoms with van der Waals surface area (Å²) in [5.41, 5.74) is 1.26. The minimum absolute atomic E-state index is 0.366. The van der Waals surface area contributed by atoms with Gasteiger partial charge in [0.1, 0.15) is 0 Å². The van der Waals surface area contributed by atoms with Gasteiger partial charge in [-0.3, -0.25) is 0 Å².